The van der Waals surface area contributed by atoms with Crippen LogP contribution >= 0.6 is 0 Å². The molecule has 0 aliphatic carbocycles. The topological polar surface area (TPSA) is 68.2 Å². The molecule has 1 fully saturated rings. The maximum Gasteiger partial charge on any atom is 0.228 e. The number of rotatable bonds is 4. The molecule has 0 aromatic carbocycles. The van der Waals surface area contributed by atoms with Gasteiger partial charge in [0.1, 0.15) is 0 Å². The highest BCUT2D eigenvalue weighted by atomic mass is 16.5. The second-order valence-electron chi connectivity index (χ2n) is 4.61. The average Bonchev–Trinajstić information content (AvgIpc) is 2.83. The van der Waals surface area contributed by atoms with Crippen molar-refractivity contribution in [3.05, 3.63) is 11.7 Å². The van der Waals surface area contributed by atoms with Crippen LogP contribution in [0.5, 0.6) is 0 Å². The Balaban J connectivity index is 1.97. The van der Waals surface area contributed by atoms with Gasteiger partial charge in [-0.15, -0.1) is 0 Å². The fraction of sp³-hybridized carbons (Fsp3) is 0.818. The van der Waals surface area contributed by atoms with E-state index in [1.807, 2.05) is 6.92 Å². The molecule has 0 amide bonds. The van der Waals surface area contributed by atoms with E-state index in [9.17, 15) is 0 Å². The van der Waals surface area contributed by atoms with Gasteiger partial charge in [-0.1, -0.05) is 12.1 Å². The Labute approximate surface area is 96.0 Å². The summed E-state index contributed by atoms with van der Waals surface area (Å²) in [6, 6.07) is 0.0732. The van der Waals surface area contributed by atoms with Gasteiger partial charge in [0.2, 0.25) is 5.89 Å². The Morgan fingerprint density at radius 1 is 1.62 bits per heavy atom. The molecule has 2 unspecified atom stereocenters. The zero-order chi connectivity index (χ0) is 11.5. The summed E-state index contributed by atoms with van der Waals surface area (Å²) in [6.07, 6.45) is 1.79. The molecule has 1 aromatic rings. The van der Waals surface area contributed by atoms with Crippen LogP contribution in [0.2, 0.25) is 0 Å². The fourth-order valence-electron chi connectivity index (χ4n) is 2.12. The van der Waals surface area contributed by atoms with Gasteiger partial charge in [-0.3, -0.25) is 0 Å². The van der Waals surface area contributed by atoms with E-state index >= 15 is 0 Å². The fourth-order valence-corrected chi connectivity index (χ4v) is 2.12. The maximum absolute atomic E-state index is 5.69. The highest BCUT2D eigenvalue weighted by Crippen LogP contribution is 2.24. The lowest BCUT2D eigenvalue weighted by Gasteiger charge is -2.10. The summed E-state index contributed by atoms with van der Waals surface area (Å²) in [6.45, 7) is 7.41. The third-order valence-corrected chi connectivity index (χ3v) is 3.07. The second-order valence-corrected chi connectivity index (χ2v) is 4.61. The molecule has 0 spiro atoms. The van der Waals surface area contributed by atoms with Gasteiger partial charge in [-0.25, -0.2) is 0 Å². The van der Waals surface area contributed by atoms with Crippen molar-refractivity contribution in [3.8, 4) is 0 Å². The molecule has 16 heavy (non-hydrogen) atoms. The SMILES string of the molecule is CCN1CCC(c2noc(CC(C)N)n2)C1. The minimum Gasteiger partial charge on any atom is -0.339 e. The second kappa shape index (κ2) is 4.93. The minimum atomic E-state index is 0.0732. The molecule has 90 valence electrons. The number of likely N-dealkylation sites (tertiary alicyclic amines) is 1. The van der Waals surface area contributed by atoms with Crippen LogP contribution in [0.4, 0.5) is 0 Å². The van der Waals surface area contributed by atoms with Crippen molar-refractivity contribution >= 4 is 0 Å². The third-order valence-electron chi connectivity index (χ3n) is 3.07. The Morgan fingerprint density at radius 2 is 2.44 bits per heavy atom. The van der Waals surface area contributed by atoms with Gasteiger partial charge in [0.25, 0.3) is 0 Å². The van der Waals surface area contributed by atoms with Crippen molar-refractivity contribution < 1.29 is 4.52 Å². The molecular weight excluding hydrogens is 204 g/mol. The molecule has 5 heteroatoms. The Hall–Kier alpha value is -0.940. The van der Waals surface area contributed by atoms with Crippen molar-refractivity contribution in [1.82, 2.24) is 15.0 Å². The average molecular weight is 224 g/mol. The first kappa shape index (κ1) is 11.5. The van der Waals surface area contributed by atoms with Gasteiger partial charge in [-0.05, 0) is 26.4 Å². The van der Waals surface area contributed by atoms with Gasteiger partial charge in [0.05, 0.1) is 0 Å². The lowest BCUT2D eigenvalue weighted by Crippen LogP contribution is -2.19. The summed E-state index contributed by atoms with van der Waals surface area (Å²) in [5, 5.41) is 4.05. The van der Waals surface area contributed by atoms with Crippen LogP contribution in [-0.2, 0) is 6.42 Å². The lowest BCUT2D eigenvalue weighted by atomic mass is 10.1. The summed E-state index contributed by atoms with van der Waals surface area (Å²) in [7, 11) is 0. The van der Waals surface area contributed by atoms with Crippen LogP contribution in [0.1, 0.15) is 37.9 Å². The predicted octanol–water partition coefficient (Wildman–Crippen LogP) is 0.769. The molecule has 1 aromatic heterocycles. The summed E-state index contributed by atoms with van der Waals surface area (Å²) in [5.41, 5.74) is 5.69. The molecule has 2 atom stereocenters. The van der Waals surface area contributed by atoms with Gasteiger partial charge >= 0.3 is 0 Å². The Morgan fingerprint density at radius 3 is 3.06 bits per heavy atom. The molecule has 1 aliphatic rings. The van der Waals surface area contributed by atoms with Crippen molar-refractivity contribution in [3.63, 3.8) is 0 Å². The van der Waals surface area contributed by atoms with Crippen molar-refractivity contribution in [2.24, 2.45) is 5.73 Å². The van der Waals surface area contributed by atoms with Crippen LogP contribution in [-0.4, -0.2) is 40.7 Å². The Bertz CT molecular complexity index is 336. The number of likely N-dealkylation sites (N-methyl/N-ethyl adjacent to an activating group) is 1. The molecule has 1 aliphatic heterocycles. The van der Waals surface area contributed by atoms with E-state index in [4.69, 9.17) is 10.3 Å². The van der Waals surface area contributed by atoms with Gasteiger partial charge in [0.15, 0.2) is 5.82 Å². The van der Waals surface area contributed by atoms with Gasteiger partial charge in [0, 0.05) is 24.9 Å². The van der Waals surface area contributed by atoms with Gasteiger partial charge in [-0.2, -0.15) is 4.98 Å². The lowest BCUT2D eigenvalue weighted by molar-refractivity contribution is 0.345. The maximum atomic E-state index is 5.69. The summed E-state index contributed by atoms with van der Waals surface area (Å²) >= 11 is 0. The van der Waals surface area contributed by atoms with Crippen molar-refractivity contribution in [2.75, 3.05) is 19.6 Å². The van der Waals surface area contributed by atoms with Crippen LogP contribution in [0.15, 0.2) is 4.52 Å². The zero-order valence-electron chi connectivity index (χ0n) is 10.0. The molecule has 2 N–H and O–H groups in total. The summed E-state index contributed by atoms with van der Waals surface area (Å²) in [5.74, 6) is 1.96. The highest BCUT2D eigenvalue weighted by Gasteiger charge is 2.26. The summed E-state index contributed by atoms with van der Waals surface area (Å²) in [4.78, 5) is 6.83. The number of aromatic nitrogens is 2. The molecule has 0 bridgehead atoms. The van der Waals surface area contributed by atoms with Crippen molar-refractivity contribution in [2.45, 2.75) is 38.6 Å². The number of nitrogens with zero attached hydrogens (tertiary/aromatic N) is 3. The molecule has 2 heterocycles. The predicted molar refractivity (Wildman–Crippen MR) is 61.1 cm³/mol. The van der Waals surface area contributed by atoms with E-state index in [1.54, 1.807) is 0 Å². The monoisotopic (exact) mass is 224 g/mol. The standard InChI is InChI=1S/C11H20N4O/c1-3-15-5-4-9(7-15)11-13-10(16-14-11)6-8(2)12/h8-9H,3-7,12H2,1-2H3. The quantitative estimate of drug-likeness (QED) is 0.818. The van der Waals surface area contributed by atoms with Crippen LogP contribution in [0.3, 0.4) is 0 Å². The minimum absolute atomic E-state index is 0.0732. The smallest absolute Gasteiger partial charge is 0.228 e. The highest BCUT2D eigenvalue weighted by molar-refractivity contribution is 5.00. The molecule has 5 nitrogen and oxygen atoms in total. The molecule has 0 radical (unpaired) electrons. The van der Waals surface area contributed by atoms with Crippen molar-refractivity contribution in [1.29, 1.82) is 0 Å². The number of hydrogen-bond donors (Lipinski definition) is 1. The largest absolute Gasteiger partial charge is 0.339 e. The zero-order valence-corrected chi connectivity index (χ0v) is 10.0. The van der Waals surface area contributed by atoms with E-state index in [2.05, 4.69) is 22.0 Å². The van der Waals surface area contributed by atoms with Gasteiger partial charge < -0.3 is 15.2 Å². The normalized spacial score (nSPS) is 23.8. The number of nitrogens with two attached hydrogens (primary N) is 1. The molecule has 0 saturated carbocycles. The van der Waals surface area contributed by atoms with Crippen LogP contribution in [0, 0.1) is 0 Å². The number of hydrogen-bond acceptors (Lipinski definition) is 5. The first-order valence-corrected chi connectivity index (χ1v) is 5.99. The van der Waals surface area contributed by atoms with E-state index in [1.165, 1.54) is 0 Å². The van der Waals surface area contributed by atoms with Crippen LogP contribution < -0.4 is 5.73 Å². The molecule has 2 rings (SSSR count). The molecule has 1 saturated heterocycles. The first-order chi connectivity index (χ1) is 7.69. The van der Waals surface area contributed by atoms with E-state index < -0.39 is 0 Å². The van der Waals surface area contributed by atoms with E-state index in [0.29, 0.717) is 18.2 Å². The van der Waals surface area contributed by atoms with E-state index in [0.717, 1.165) is 31.9 Å². The van der Waals surface area contributed by atoms with Crippen LogP contribution in [0.25, 0.3) is 0 Å². The molecular formula is C11H20N4O. The summed E-state index contributed by atoms with van der Waals surface area (Å²) < 4.78 is 5.20. The third kappa shape index (κ3) is 2.59. The Kier molecular flexibility index (Phi) is 3.56. The van der Waals surface area contributed by atoms with E-state index in [-0.39, 0.29) is 6.04 Å². The first-order valence-electron chi connectivity index (χ1n) is 5.99.